The van der Waals surface area contributed by atoms with Crippen LogP contribution in [-0.2, 0) is 16.0 Å². The third kappa shape index (κ3) is 1.42. The molecule has 0 spiro atoms. The molecule has 0 amide bonds. The van der Waals surface area contributed by atoms with Crippen molar-refractivity contribution in [2.45, 2.75) is 6.42 Å². The first-order valence-corrected chi connectivity index (χ1v) is 4.08. The van der Waals surface area contributed by atoms with Crippen LogP contribution in [0.2, 0.25) is 5.02 Å². The number of cyclic esters (lactones) is 2. The number of esters is 2. The summed E-state index contributed by atoms with van der Waals surface area (Å²) in [4.78, 5) is 22.0. The lowest BCUT2D eigenvalue weighted by Gasteiger charge is -2.13. The average Bonchev–Trinajstić information content (AvgIpc) is 2.02. The van der Waals surface area contributed by atoms with Crippen LogP contribution in [0.25, 0.3) is 0 Å². The normalized spacial score (nSPS) is 15.2. The van der Waals surface area contributed by atoms with Crippen LogP contribution < -0.4 is 0 Å². The van der Waals surface area contributed by atoms with Gasteiger partial charge in [-0.3, -0.25) is 4.79 Å². The number of fused-ring (bicyclic) bond motifs is 1. The van der Waals surface area contributed by atoms with Gasteiger partial charge in [0.15, 0.2) is 0 Å². The molecule has 4 heteroatoms. The second kappa shape index (κ2) is 2.85. The van der Waals surface area contributed by atoms with E-state index in [-0.39, 0.29) is 6.42 Å². The highest BCUT2D eigenvalue weighted by molar-refractivity contribution is 6.30. The van der Waals surface area contributed by atoms with Gasteiger partial charge in [0.25, 0.3) is 0 Å². The summed E-state index contributed by atoms with van der Waals surface area (Å²) in [7, 11) is 0. The fourth-order valence-corrected chi connectivity index (χ4v) is 1.45. The van der Waals surface area contributed by atoms with Gasteiger partial charge in [-0.05, 0) is 23.8 Å². The van der Waals surface area contributed by atoms with E-state index >= 15 is 0 Å². The summed E-state index contributed by atoms with van der Waals surface area (Å²) in [6.45, 7) is 0. The Kier molecular flexibility index (Phi) is 1.81. The summed E-state index contributed by atoms with van der Waals surface area (Å²) < 4.78 is 4.43. The van der Waals surface area contributed by atoms with Crippen molar-refractivity contribution in [1.29, 1.82) is 0 Å². The van der Waals surface area contributed by atoms with Gasteiger partial charge in [-0.1, -0.05) is 11.6 Å². The predicted molar refractivity (Wildman–Crippen MR) is 45.6 cm³/mol. The standard InChI is InChI=1S/C9H5ClO3/c10-6-1-2-7-5(3-6)4-8(11)13-9(7)12/h1-3H,4H2. The van der Waals surface area contributed by atoms with Crippen molar-refractivity contribution in [1.82, 2.24) is 0 Å². The van der Waals surface area contributed by atoms with E-state index in [0.717, 1.165) is 0 Å². The molecule has 13 heavy (non-hydrogen) atoms. The third-order valence-corrected chi connectivity index (χ3v) is 2.06. The van der Waals surface area contributed by atoms with E-state index in [9.17, 15) is 9.59 Å². The molecule has 1 aliphatic heterocycles. The van der Waals surface area contributed by atoms with Gasteiger partial charge in [-0.25, -0.2) is 4.79 Å². The second-order valence-electron chi connectivity index (χ2n) is 2.74. The highest BCUT2D eigenvalue weighted by Gasteiger charge is 2.24. The SMILES string of the molecule is O=C1Cc2cc(Cl)ccc2C(=O)O1. The molecular weight excluding hydrogens is 192 g/mol. The van der Waals surface area contributed by atoms with Crippen LogP contribution in [0, 0.1) is 0 Å². The molecule has 0 aromatic heterocycles. The van der Waals surface area contributed by atoms with E-state index in [1.807, 2.05) is 0 Å². The van der Waals surface area contributed by atoms with Crippen LogP contribution in [0.5, 0.6) is 0 Å². The average molecular weight is 197 g/mol. The van der Waals surface area contributed by atoms with Crippen LogP contribution in [0.4, 0.5) is 0 Å². The Morgan fingerprint density at radius 2 is 2.08 bits per heavy atom. The number of hydrogen-bond acceptors (Lipinski definition) is 3. The summed E-state index contributed by atoms with van der Waals surface area (Å²) in [5.74, 6) is -1.12. The Hall–Kier alpha value is -1.35. The zero-order chi connectivity index (χ0) is 9.42. The molecule has 0 N–H and O–H groups in total. The lowest BCUT2D eigenvalue weighted by atomic mass is 10.0. The van der Waals surface area contributed by atoms with Crippen molar-refractivity contribution in [3.63, 3.8) is 0 Å². The first-order valence-electron chi connectivity index (χ1n) is 3.70. The van der Waals surface area contributed by atoms with E-state index in [4.69, 9.17) is 11.6 Å². The summed E-state index contributed by atoms with van der Waals surface area (Å²) >= 11 is 5.71. The summed E-state index contributed by atoms with van der Waals surface area (Å²) in [5.41, 5.74) is 1.05. The topological polar surface area (TPSA) is 43.4 Å². The molecule has 0 radical (unpaired) electrons. The molecule has 0 aliphatic carbocycles. The Balaban J connectivity index is 2.55. The number of ether oxygens (including phenoxy) is 1. The van der Waals surface area contributed by atoms with Crippen LogP contribution >= 0.6 is 11.6 Å². The van der Waals surface area contributed by atoms with Crippen LogP contribution in [0.3, 0.4) is 0 Å². The Morgan fingerprint density at radius 1 is 1.31 bits per heavy atom. The van der Waals surface area contributed by atoms with Crippen LogP contribution in [0.15, 0.2) is 18.2 Å². The molecule has 0 saturated heterocycles. The zero-order valence-corrected chi connectivity index (χ0v) is 7.30. The fourth-order valence-electron chi connectivity index (χ4n) is 1.26. The third-order valence-electron chi connectivity index (χ3n) is 1.83. The monoisotopic (exact) mass is 196 g/mol. The fraction of sp³-hybridized carbons (Fsp3) is 0.111. The lowest BCUT2D eigenvalue weighted by Crippen LogP contribution is -2.22. The molecular formula is C9H5ClO3. The molecule has 0 atom stereocenters. The van der Waals surface area contributed by atoms with Crippen molar-refractivity contribution in [2.75, 3.05) is 0 Å². The zero-order valence-electron chi connectivity index (χ0n) is 6.54. The van der Waals surface area contributed by atoms with E-state index in [2.05, 4.69) is 4.74 Å². The van der Waals surface area contributed by atoms with Gasteiger partial charge in [0, 0.05) is 5.02 Å². The minimum absolute atomic E-state index is 0.113. The van der Waals surface area contributed by atoms with E-state index in [0.29, 0.717) is 16.1 Å². The molecule has 0 bridgehead atoms. The largest absolute Gasteiger partial charge is 0.389 e. The highest BCUT2D eigenvalue weighted by atomic mass is 35.5. The van der Waals surface area contributed by atoms with Crippen LogP contribution in [-0.4, -0.2) is 11.9 Å². The van der Waals surface area contributed by atoms with Gasteiger partial charge in [0.2, 0.25) is 0 Å². The summed E-state index contributed by atoms with van der Waals surface area (Å²) in [5, 5.41) is 0.515. The van der Waals surface area contributed by atoms with Gasteiger partial charge < -0.3 is 4.74 Å². The summed E-state index contributed by atoms with van der Waals surface area (Å²) in [6.07, 6.45) is 0.113. The first kappa shape index (κ1) is 8.26. The molecule has 1 aromatic rings. The number of carbonyl (C=O) groups is 2. The molecule has 1 heterocycles. The van der Waals surface area contributed by atoms with Gasteiger partial charge in [0.1, 0.15) is 0 Å². The molecule has 66 valence electrons. The van der Waals surface area contributed by atoms with Crippen molar-refractivity contribution in [3.8, 4) is 0 Å². The molecule has 0 fully saturated rings. The molecule has 1 aliphatic rings. The van der Waals surface area contributed by atoms with E-state index in [1.54, 1.807) is 18.2 Å². The Bertz CT molecular complexity index is 398. The molecule has 0 unspecified atom stereocenters. The maximum absolute atomic E-state index is 11.1. The number of halogens is 1. The molecule has 1 aromatic carbocycles. The van der Waals surface area contributed by atoms with Crippen LogP contribution in [0.1, 0.15) is 15.9 Å². The second-order valence-corrected chi connectivity index (χ2v) is 3.18. The maximum atomic E-state index is 11.1. The number of benzene rings is 1. The molecule has 2 rings (SSSR count). The molecule has 0 saturated carbocycles. The first-order chi connectivity index (χ1) is 6.16. The van der Waals surface area contributed by atoms with Gasteiger partial charge in [0.05, 0.1) is 12.0 Å². The minimum atomic E-state index is -0.595. The summed E-state index contributed by atoms with van der Waals surface area (Å²) in [6, 6.07) is 4.76. The Labute approximate surface area is 79.3 Å². The van der Waals surface area contributed by atoms with E-state index in [1.165, 1.54) is 0 Å². The van der Waals surface area contributed by atoms with E-state index < -0.39 is 11.9 Å². The number of carbonyl (C=O) groups excluding carboxylic acids is 2. The number of hydrogen-bond donors (Lipinski definition) is 0. The van der Waals surface area contributed by atoms with Crippen molar-refractivity contribution in [3.05, 3.63) is 34.3 Å². The maximum Gasteiger partial charge on any atom is 0.346 e. The predicted octanol–water partition coefficient (Wildman–Crippen LogP) is 1.58. The smallest absolute Gasteiger partial charge is 0.346 e. The highest BCUT2D eigenvalue weighted by Crippen LogP contribution is 2.21. The van der Waals surface area contributed by atoms with Gasteiger partial charge >= 0.3 is 11.9 Å². The van der Waals surface area contributed by atoms with Gasteiger partial charge in [-0.2, -0.15) is 0 Å². The quantitative estimate of drug-likeness (QED) is 0.467. The van der Waals surface area contributed by atoms with Crippen molar-refractivity contribution >= 4 is 23.5 Å². The Morgan fingerprint density at radius 3 is 2.85 bits per heavy atom. The van der Waals surface area contributed by atoms with Crippen molar-refractivity contribution in [2.24, 2.45) is 0 Å². The minimum Gasteiger partial charge on any atom is -0.389 e. The lowest BCUT2D eigenvalue weighted by molar-refractivity contribution is -0.137. The number of rotatable bonds is 0. The van der Waals surface area contributed by atoms with Crippen molar-refractivity contribution < 1.29 is 14.3 Å². The van der Waals surface area contributed by atoms with Gasteiger partial charge in [-0.15, -0.1) is 0 Å². The molecule has 3 nitrogen and oxygen atoms in total.